The SMILES string of the molecule is N#Cc1ccc(Cc2cncn2Cc2ccc(-c3cccc(Cl)c3)cc2)cc1. The highest BCUT2D eigenvalue weighted by Crippen LogP contribution is 2.23. The van der Waals surface area contributed by atoms with Crippen LogP contribution in [0.2, 0.25) is 5.02 Å². The molecular formula is C24H18ClN3. The first-order valence-electron chi connectivity index (χ1n) is 9.04. The van der Waals surface area contributed by atoms with Crippen molar-refractivity contribution in [3.63, 3.8) is 0 Å². The Balaban J connectivity index is 1.49. The van der Waals surface area contributed by atoms with Crippen LogP contribution < -0.4 is 0 Å². The molecule has 28 heavy (non-hydrogen) atoms. The third-order valence-electron chi connectivity index (χ3n) is 4.73. The molecule has 0 atom stereocenters. The molecule has 0 unspecified atom stereocenters. The zero-order valence-electron chi connectivity index (χ0n) is 15.2. The highest BCUT2D eigenvalue weighted by Gasteiger charge is 2.06. The Kier molecular flexibility index (Phi) is 5.23. The van der Waals surface area contributed by atoms with E-state index in [0.717, 1.165) is 40.4 Å². The molecule has 136 valence electrons. The minimum Gasteiger partial charge on any atom is -0.330 e. The van der Waals surface area contributed by atoms with E-state index in [1.165, 1.54) is 5.56 Å². The van der Waals surface area contributed by atoms with Crippen molar-refractivity contribution >= 4 is 11.6 Å². The summed E-state index contributed by atoms with van der Waals surface area (Å²) < 4.78 is 2.16. The molecule has 0 aliphatic carbocycles. The molecule has 3 nitrogen and oxygen atoms in total. The standard InChI is InChI=1S/C24H18ClN3/c25-23-3-1-2-22(13-23)21-10-8-20(9-11-21)16-28-17-27-15-24(28)12-18-4-6-19(14-26)7-5-18/h1-11,13,15,17H,12,16H2. The number of rotatable bonds is 5. The Bertz CT molecular complexity index is 1120. The largest absolute Gasteiger partial charge is 0.330 e. The maximum absolute atomic E-state index is 8.93. The smallest absolute Gasteiger partial charge is 0.0991 e. The number of hydrogen-bond acceptors (Lipinski definition) is 2. The predicted molar refractivity (Wildman–Crippen MR) is 112 cm³/mol. The van der Waals surface area contributed by atoms with Gasteiger partial charge in [0.2, 0.25) is 0 Å². The van der Waals surface area contributed by atoms with Crippen LogP contribution in [0.15, 0.2) is 85.3 Å². The van der Waals surface area contributed by atoms with Crippen molar-refractivity contribution in [3.05, 3.63) is 113 Å². The summed E-state index contributed by atoms with van der Waals surface area (Å²) in [4.78, 5) is 4.32. The van der Waals surface area contributed by atoms with Gasteiger partial charge in [-0.25, -0.2) is 4.98 Å². The summed E-state index contributed by atoms with van der Waals surface area (Å²) in [5.41, 5.74) is 6.46. The van der Waals surface area contributed by atoms with Crippen molar-refractivity contribution in [2.45, 2.75) is 13.0 Å². The third kappa shape index (κ3) is 4.14. The van der Waals surface area contributed by atoms with Gasteiger partial charge in [0.15, 0.2) is 0 Å². The summed E-state index contributed by atoms with van der Waals surface area (Å²) >= 11 is 6.10. The topological polar surface area (TPSA) is 41.6 Å². The average Bonchev–Trinajstić information content (AvgIpc) is 3.16. The molecule has 0 amide bonds. The molecule has 0 saturated heterocycles. The van der Waals surface area contributed by atoms with Crippen molar-refractivity contribution in [3.8, 4) is 17.2 Å². The van der Waals surface area contributed by atoms with E-state index in [0.29, 0.717) is 5.56 Å². The summed E-state index contributed by atoms with van der Waals surface area (Å²) in [5.74, 6) is 0. The van der Waals surface area contributed by atoms with Gasteiger partial charge in [-0.3, -0.25) is 0 Å². The molecule has 1 aromatic heterocycles. The van der Waals surface area contributed by atoms with E-state index in [2.05, 4.69) is 46.0 Å². The number of nitriles is 1. The molecule has 4 aromatic rings. The number of nitrogens with zero attached hydrogens (tertiary/aromatic N) is 3. The fourth-order valence-electron chi connectivity index (χ4n) is 3.21. The summed E-state index contributed by atoms with van der Waals surface area (Å²) in [5, 5.41) is 9.67. The van der Waals surface area contributed by atoms with Crippen LogP contribution in [0, 0.1) is 11.3 Å². The molecule has 0 bridgehead atoms. The second-order valence-electron chi connectivity index (χ2n) is 6.71. The molecule has 4 heteroatoms. The molecular weight excluding hydrogens is 366 g/mol. The van der Waals surface area contributed by atoms with Crippen LogP contribution in [0.4, 0.5) is 0 Å². The van der Waals surface area contributed by atoms with Crippen molar-refractivity contribution in [1.29, 1.82) is 5.26 Å². The number of aromatic nitrogens is 2. The van der Waals surface area contributed by atoms with Crippen LogP contribution in [0.1, 0.15) is 22.4 Å². The van der Waals surface area contributed by atoms with Gasteiger partial charge in [0.25, 0.3) is 0 Å². The van der Waals surface area contributed by atoms with Crippen LogP contribution >= 0.6 is 11.6 Å². The molecule has 0 fully saturated rings. The highest BCUT2D eigenvalue weighted by molar-refractivity contribution is 6.30. The van der Waals surface area contributed by atoms with Gasteiger partial charge in [-0.05, 0) is 46.5 Å². The molecule has 4 rings (SSSR count). The van der Waals surface area contributed by atoms with E-state index in [9.17, 15) is 0 Å². The van der Waals surface area contributed by atoms with Gasteiger partial charge in [0.05, 0.1) is 18.0 Å². The second kappa shape index (κ2) is 8.12. The van der Waals surface area contributed by atoms with E-state index in [4.69, 9.17) is 16.9 Å². The lowest BCUT2D eigenvalue weighted by molar-refractivity contribution is 0.753. The molecule has 0 spiro atoms. The molecule has 0 aliphatic rings. The first kappa shape index (κ1) is 18.0. The number of imidazole rings is 1. The first-order valence-corrected chi connectivity index (χ1v) is 9.42. The lowest BCUT2D eigenvalue weighted by Gasteiger charge is -2.10. The van der Waals surface area contributed by atoms with Gasteiger partial charge >= 0.3 is 0 Å². The second-order valence-corrected chi connectivity index (χ2v) is 7.14. The monoisotopic (exact) mass is 383 g/mol. The Morgan fingerprint density at radius 3 is 2.36 bits per heavy atom. The fourth-order valence-corrected chi connectivity index (χ4v) is 3.40. The third-order valence-corrected chi connectivity index (χ3v) is 4.97. The van der Waals surface area contributed by atoms with Crippen molar-refractivity contribution < 1.29 is 0 Å². The normalized spacial score (nSPS) is 10.6. The van der Waals surface area contributed by atoms with Crippen molar-refractivity contribution in [2.75, 3.05) is 0 Å². The summed E-state index contributed by atoms with van der Waals surface area (Å²) in [7, 11) is 0. The molecule has 1 heterocycles. The molecule has 0 aliphatic heterocycles. The van der Waals surface area contributed by atoms with Crippen LogP contribution in [-0.2, 0) is 13.0 Å². The van der Waals surface area contributed by atoms with E-state index in [-0.39, 0.29) is 0 Å². The maximum atomic E-state index is 8.93. The van der Waals surface area contributed by atoms with Gasteiger partial charge in [-0.15, -0.1) is 0 Å². The quantitative estimate of drug-likeness (QED) is 0.442. The molecule has 0 N–H and O–H groups in total. The van der Waals surface area contributed by atoms with Gasteiger partial charge in [-0.1, -0.05) is 60.1 Å². The zero-order chi connectivity index (χ0) is 19.3. The fraction of sp³-hybridized carbons (Fsp3) is 0.0833. The molecule has 3 aromatic carbocycles. The Morgan fingerprint density at radius 1 is 0.893 bits per heavy atom. The predicted octanol–water partition coefficient (Wildman–Crippen LogP) is 5.71. The minimum absolute atomic E-state index is 0.678. The average molecular weight is 384 g/mol. The molecule has 0 radical (unpaired) electrons. The van der Waals surface area contributed by atoms with Crippen molar-refractivity contribution in [2.24, 2.45) is 0 Å². The van der Waals surface area contributed by atoms with Gasteiger partial charge < -0.3 is 4.57 Å². The van der Waals surface area contributed by atoms with E-state index < -0.39 is 0 Å². The van der Waals surface area contributed by atoms with E-state index in [1.807, 2.05) is 55.0 Å². The van der Waals surface area contributed by atoms with Gasteiger partial charge in [-0.2, -0.15) is 5.26 Å². The summed E-state index contributed by atoms with van der Waals surface area (Å²) in [6.07, 6.45) is 4.55. The van der Waals surface area contributed by atoms with E-state index >= 15 is 0 Å². The maximum Gasteiger partial charge on any atom is 0.0991 e. The first-order chi connectivity index (χ1) is 13.7. The minimum atomic E-state index is 0.678. The van der Waals surface area contributed by atoms with Crippen LogP contribution in [0.25, 0.3) is 11.1 Å². The van der Waals surface area contributed by atoms with Crippen LogP contribution in [0.3, 0.4) is 0 Å². The summed E-state index contributed by atoms with van der Waals surface area (Å²) in [6, 6.07) is 26.3. The lowest BCUT2D eigenvalue weighted by atomic mass is 10.0. The Morgan fingerprint density at radius 2 is 1.64 bits per heavy atom. The Hall–Kier alpha value is -3.35. The lowest BCUT2D eigenvalue weighted by Crippen LogP contribution is -2.04. The zero-order valence-corrected chi connectivity index (χ0v) is 16.0. The molecule has 0 saturated carbocycles. The van der Waals surface area contributed by atoms with Gasteiger partial charge in [0, 0.05) is 29.9 Å². The van der Waals surface area contributed by atoms with Crippen LogP contribution in [0.5, 0.6) is 0 Å². The van der Waals surface area contributed by atoms with E-state index in [1.54, 1.807) is 0 Å². The van der Waals surface area contributed by atoms with Crippen molar-refractivity contribution in [1.82, 2.24) is 9.55 Å². The van der Waals surface area contributed by atoms with Gasteiger partial charge in [0.1, 0.15) is 0 Å². The summed E-state index contributed by atoms with van der Waals surface area (Å²) in [6.45, 7) is 0.765. The Labute approximate surface area is 169 Å². The van der Waals surface area contributed by atoms with Crippen LogP contribution in [-0.4, -0.2) is 9.55 Å². The number of halogens is 1. The number of benzene rings is 3. The number of hydrogen-bond donors (Lipinski definition) is 0. The highest BCUT2D eigenvalue weighted by atomic mass is 35.5.